The van der Waals surface area contributed by atoms with Crippen LogP contribution in [0, 0.1) is 5.82 Å². The molecule has 1 aromatic heterocycles. The summed E-state index contributed by atoms with van der Waals surface area (Å²) in [6.45, 7) is 3.58. The van der Waals surface area contributed by atoms with Crippen molar-refractivity contribution in [2.75, 3.05) is 0 Å². The monoisotopic (exact) mass is 416 g/mol. The normalized spacial score (nSPS) is 28.0. The van der Waals surface area contributed by atoms with E-state index in [1.165, 1.54) is 32.4 Å². The Labute approximate surface area is 146 Å². The van der Waals surface area contributed by atoms with E-state index in [-0.39, 0.29) is 16.8 Å². The van der Waals surface area contributed by atoms with Crippen molar-refractivity contribution in [3.8, 4) is 0 Å². The molecule has 2 saturated heterocycles. The number of carbonyl (C=O) groups is 2. The van der Waals surface area contributed by atoms with E-state index in [0.29, 0.717) is 5.39 Å². The summed E-state index contributed by atoms with van der Waals surface area (Å²) in [6.07, 6.45) is 0. The minimum atomic E-state index is -1.04. The molecule has 1 N–H and O–H groups in total. The number of carbonyl (C=O) groups excluding carboxylic acids is 1. The van der Waals surface area contributed by atoms with Gasteiger partial charge in [0.15, 0.2) is 0 Å². The van der Waals surface area contributed by atoms with Gasteiger partial charge in [0.05, 0.1) is 0 Å². The summed E-state index contributed by atoms with van der Waals surface area (Å²) in [7, 11) is 0. The first-order chi connectivity index (χ1) is 11.2. The van der Waals surface area contributed by atoms with Crippen LogP contribution in [0.3, 0.4) is 0 Å². The van der Waals surface area contributed by atoms with E-state index in [2.05, 4.69) is 0 Å². The zero-order valence-electron chi connectivity index (χ0n) is 12.7. The second-order valence-corrected chi connectivity index (χ2v) is 10.3. The number of aromatic nitrogens is 1. The van der Waals surface area contributed by atoms with Gasteiger partial charge < -0.3 is 0 Å². The fraction of sp³-hybridized carbons (Fsp3) is 0.400. The third kappa shape index (κ3) is 1.98. The number of carboxylic acid groups (broad SMARTS) is 1. The van der Waals surface area contributed by atoms with Crippen LogP contribution in [0.1, 0.15) is 19.9 Å². The van der Waals surface area contributed by atoms with E-state index >= 15 is 0 Å². The Hall–Kier alpha value is -1.57. The molecule has 9 heteroatoms. The molecule has 2 aliphatic heterocycles. The Morgan fingerprint density at radius 3 is 2.75 bits per heavy atom. The number of nitrogens with zero attached hydrogens (tertiary/aromatic N) is 2. The molecule has 2 aliphatic rings. The topological polar surface area (TPSA) is 79.6 Å². The number of rotatable bonds is 2. The third-order valence-electron chi connectivity index (χ3n) is 4.47. The van der Waals surface area contributed by atoms with E-state index in [1.807, 2.05) is 0 Å². The first-order valence-electron chi connectivity index (χ1n) is 7.26. The molecule has 1 amide bonds. The van der Waals surface area contributed by atoms with Crippen LogP contribution in [0.25, 0.3) is 9.65 Å². The summed E-state index contributed by atoms with van der Waals surface area (Å²) in [5.41, 5.74) is -0.348. The van der Waals surface area contributed by atoms with Gasteiger partial charge in [0.2, 0.25) is 0 Å². The van der Waals surface area contributed by atoms with Crippen molar-refractivity contribution < 1.29 is 19.1 Å². The number of hydrogen-bond donors (Lipinski definition) is 1. The van der Waals surface area contributed by atoms with Crippen LogP contribution in [0.5, 0.6) is 0 Å². The van der Waals surface area contributed by atoms with E-state index in [1.54, 1.807) is 19.9 Å². The number of carboxylic acids is 1. The zero-order valence-corrected chi connectivity index (χ0v) is 15.3. The Balaban J connectivity index is 1.78. The molecule has 0 unspecified atom stereocenters. The Bertz CT molecular complexity index is 953. The summed E-state index contributed by atoms with van der Waals surface area (Å²) < 4.78 is 15.0. The predicted molar refractivity (Wildman–Crippen MR) is 87.9 cm³/mol. The summed E-state index contributed by atoms with van der Waals surface area (Å²) in [5.74, 6) is -1.86. The van der Waals surface area contributed by atoms with Gasteiger partial charge in [0, 0.05) is 0 Å². The maximum atomic E-state index is 13.4. The number of β-lactam (4-membered cyclic amide) rings is 1. The van der Waals surface area contributed by atoms with Gasteiger partial charge in [-0.05, 0) is 0 Å². The van der Waals surface area contributed by atoms with Crippen LogP contribution in [0.2, 0.25) is 0 Å². The zero-order chi connectivity index (χ0) is 17.4. The van der Waals surface area contributed by atoms with Gasteiger partial charge in [-0.15, -0.1) is 0 Å². The number of halogens is 1. The standard InChI is InChI=1S/C15H13FN2O4SSe/c1-15(2)10(14(21)22)17-12(20)9(13(17)23-15)18-11(19)7-5-6(16)3-4-8(7)24-18/h3-5,9-10,13H,1-2H3,(H,21,22)/t9-,10+,13-/m1/s1. The summed E-state index contributed by atoms with van der Waals surface area (Å²) in [4.78, 5) is 38.1. The Kier molecular flexibility index (Phi) is 3.30. The van der Waals surface area contributed by atoms with Crippen LogP contribution in [0.15, 0.2) is 23.0 Å². The fourth-order valence-corrected chi connectivity index (χ4v) is 7.53. The molecule has 0 aliphatic carbocycles. The van der Waals surface area contributed by atoms with Crippen molar-refractivity contribution in [3.63, 3.8) is 0 Å². The summed E-state index contributed by atoms with van der Waals surface area (Å²) in [5, 5.41) is 9.38. The Morgan fingerprint density at radius 2 is 2.08 bits per heavy atom. The molecule has 0 bridgehead atoms. The van der Waals surface area contributed by atoms with Crippen molar-refractivity contribution in [2.45, 2.75) is 36.1 Å². The second kappa shape index (κ2) is 4.97. The van der Waals surface area contributed by atoms with Gasteiger partial charge in [0.25, 0.3) is 0 Å². The Morgan fingerprint density at radius 1 is 1.38 bits per heavy atom. The van der Waals surface area contributed by atoms with Crippen molar-refractivity contribution in [3.05, 3.63) is 34.4 Å². The molecule has 24 heavy (non-hydrogen) atoms. The molecule has 0 radical (unpaired) electrons. The molecular formula is C15H13FN2O4SSe. The van der Waals surface area contributed by atoms with Crippen molar-refractivity contribution >= 4 is 48.0 Å². The number of amides is 1. The molecule has 3 heterocycles. The minimum absolute atomic E-state index is 0.304. The van der Waals surface area contributed by atoms with Crippen LogP contribution in [-0.2, 0) is 9.59 Å². The third-order valence-corrected chi connectivity index (χ3v) is 8.42. The maximum absolute atomic E-state index is 13.4. The van der Waals surface area contributed by atoms with E-state index in [9.17, 15) is 23.9 Å². The average Bonchev–Trinajstić information content (AvgIpc) is 2.93. The molecule has 126 valence electrons. The molecule has 4 rings (SSSR count). The quantitative estimate of drug-likeness (QED) is 0.582. The van der Waals surface area contributed by atoms with Gasteiger partial charge in [-0.3, -0.25) is 0 Å². The number of thioether (sulfide) groups is 1. The van der Waals surface area contributed by atoms with Crippen molar-refractivity contribution in [2.24, 2.45) is 0 Å². The number of hydrogen-bond acceptors (Lipinski definition) is 4. The molecule has 2 fully saturated rings. The number of aliphatic carboxylic acids is 1. The van der Waals surface area contributed by atoms with E-state index in [4.69, 9.17) is 0 Å². The fourth-order valence-electron chi connectivity index (χ4n) is 3.41. The molecule has 6 nitrogen and oxygen atoms in total. The van der Waals surface area contributed by atoms with Gasteiger partial charge in [0.1, 0.15) is 0 Å². The van der Waals surface area contributed by atoms with E-state index < -0.39 is 43.3 Å². The molecular weight excluding hydrogens is 402 g/mol. The van der Waals surface area contributed by atoms with Gasteiger partial charge >= 0.3 is 146 Å². The molecule has 0 spiro atoms. The second-order valence-electron chi connectivity index (χ2n) is 6.41. The summed E-state index contributed by atoms with van der Waals surface area (Å²) in [6, 6.07) is 2.52. The first-order valence-corrected chi connectivity index (χ1v) is 9.76. The summed E-state index contributed by atoms with van der Waals surface area (Å²) >= 11 is 0.999. The van der Waals surface area contributed by atoms with Crippen molar-refractivity contribution in [1.82, 2.24) is 8.46 Å². The van der Waals surface area contributed by atoms with Crippen LogP contribution in [0.4, 0.5) is 4.39 Å². The van der Waals surface area contributed by atoms with Crippen molar-refractivity contribution in [1.29, 1.82) is 0 Å². The number of fused-ring (bicyclic) bond motifs is 2. The van der Waals surface area contributed by atoms with E-state index in [0.717, 1.165) is 4.26 Å². The molecule has 1 aromatic carbocycles. The van der Waals surface area contributed by atoms with Crippen LogP contribution < -0.4 is 5.56 Å². The molecule has 0 saturated carbocycles. The SMILES string of the molecule is CC1(C)S[C@@H]2[C@H](n3[se]c4ccc(F)cc4c3=O)C(=O)N2[C@H]1C(=O)O. The predicted octanol–water partition coefficient (Wildman–Crippen LogP) is 0.886. The average molecular weight is 415 g/mol. The first kappa shape index (κ1) is 15.9. The van der Waals surface area contributed by atoms with Crippen LogP contribution >= 0.6 is 11.8 Å². The van der Waals surface area contributed by atoms with Crippen LogP contribution in [-0.4, -0.2) is 56.3 Å². The van der Waals surface area contributed by atoms with Gasteiger partial charge in [-0.25, -0.2) is 0 Å². The van der Waals surface area contributed by atoms with Gasteiger partial charge in [-0.1, -0.05) is 0 Å². The molecule has 3 atom stereocenters. The molecule has 2 aromatic rings. The number of benzene rings is 1. The van der Waals surface area contributed by atoms with Gasteiger partial charge in [-0.2, -0.15) is 0 Å².